The van der Waals surface area contributed by atoms with Gasteiger partial charge < -0.3 is 5.32 Å². The Morgan fingerprint density at radius 2 is 1.65 bits per heavy atom. The van der Waals surface area contributed by atoms with Crippen molar-refractivity contribution in [2.45, 2.75) is 50.8 Å². The first-order valence-electron chi connectivity index (χ1n) is 9.13. The maximum Gasteiger partial charge on any atom is 0.255 e. The van der Waals surface area contributed by atoms with Gasteiger partial charge in [0.2, 0.25) is 0 Å². The van der Waals surface area contributed by atoms with Crippen molar-refractivity contribution in [3.63, 3.8) is 0 Å². The highest BCUT2D eigenvalue weighted by Crippen LogP contribution is 2.18. The summed E-state index contributed by atoms with van der Waals surface area (Å²) in [6.45, 7) is 4.06. The second-order valence-electron chi connectivity index (χ2n) is 6.58. The van der Waals surface area contributed by atoms with E-state index in [0.717, 1.165) is 31.2 Å². The number of amides is 1. The van der Waals surface area contributed by atoms with E-state index in [1.165, 1.54) is 0 Å². The van der Waals surface area contributed by atoms with Crippen LogP contribution in [-0.2, 0) is 9.84 Å². The van der Waals surface area contributed by atoms with E-state index < -0.39 is 9.84 Å². The first kappa shape index (κ1) is 20.2. The lowest BCUT2D eigenvalue weighted by atomic mass is 10.1. The van der Waals surface area contributed by atoms with Gasteiger partial charge in [-0.3, -0.25) is 4.79 Å². The van der Waals surface area contributed by atoms with Crippen molar-refractivity contribution in [2.24, 2.45) is 0 Å². The molecule has 0 aliphatic carbocycles. The molecule has 0 spiro atoms. The van der Waals surface area contributed by atoms with Gasteiger partial charge in [0.05, 0.1) is 10.6 Å². The van der Waals surface area contributed by atoms with E-state index in [2.05, 4.69) is 12.2 Å². The summed E-state index contributed by atoms with van der Waals surface area (Å²) in [5, 5.41) is 2.80. The summed E-state index contributed by atoms with van der Waals surface area (Å²) >= 11 is 0. The summed E-state index contributed by atoms with van der Waals surface area (Å²) in [4.78, 5) is 12.6. The zero-order valence-corrected chi connectivity index (χ0v) is 16.3. The molecule has 2 aromatic rings. The lowest BCUT2D eigenvalue weighted by molar-refractivity contribution is 0.102. The van der Waals surface area contributed by atoms with E-state index in [9.17, 15) is 13.2 Å². The van der Waals surface area contributed by atoms with E-state index in [1.54, 1.807) is 30.3 Å². The molecule has 26 heavy (non-hydrogen) atoms. The molecular formula is C21H27NO3S. The molecule has 0 radical (unpaired) electrons. The predicted octanol–water partition coefficient (Wildman–Crippen LogP) is 4.99. The second kappa shape index (κ2) is 9.53. The van der Waals surface area contributed by atoms with Gasteiger partial charge >= 0.3 is 0 Å². The molecule has 0 heterocycles. The third kappa shape index (κ3) is 5.99. The maximum absolute atomic E-state index is 12.4. The Labute approximate surface area is 156 Å². The molecule has 0 unspecified atom stereocenters. The lowest BCUT2D eigenvalue weighted by Gasteiger charge is -2.08. The monoisotopic (exact) mass is 373 g/mol. The van der Waals surface area contributed by atoms with Crippen LogP contribution in [0.15, 0.2) is 53.4 Å². The minimum Gasteiger partial charge on any atom is -0.322 e. The fraction of sp³-hybridized carbons (Fsp3) is 0.381. The van der Waals surface area contributed by atoms with Crippen LogP contribution >= 0.6 is 0 Å². The summed E-state index contributed by atoms with van der Waals surface area (Å²) in [6.07, 6.45) is 5.00. The number of nitrogens with one attached hydrogen (secondary N) is 1. The number of benzene rings is 2. The molecule has 4 nitrogen and oxygen atoms in total. The number of carbonyl (C=O) groups excluding carboxylic acids is 1. The molecule has 0 bridgehead atoms. The first-order chi connectivity index (χ1) is 12.4. The normalized spacial score (nSPS) is 11.3. The van der Waals surface area contributed by atoms with Crippen molar-refractivity contribution in [3.05, 3.63) is 59.7 Å². The SMILES string of the molecule is CCCCCCCS(=O)(=O)c1ccc(NC(=O)c2cccc(C)c2)cc1. The van der Waals surface area contributed by atoms with Crippen molar-refractivity contribution in [1.29, 1.82) is 0 Å². The molecule has 2 aromatic carbocycles. The van der Waals surface area contributed by atoms with Crippen molar-refractivity contribution < 1.29 is 13.2 Å². The highest BCUT2D eigenvalue weighted by atomic mass is 32.2. The number of anilines is 1. The fourth-order valence-electron chi connectivity index (χ4n) is 2.75. The lowest BCUT2D eigenvalue weighted by Crippen LogP contribution is -2.12. The van der Waals surface area contributed by atoms with Crippen LogP contribution in [0.5, 0.6) is 0 Å². The number of sulfone groups is 1. The number of rotatable bonds is 9. The van der Waals surface area contributed by atoms with Crippen molar-refractivity contribution in [1.82, 2.24) is 0 Å². The Bertz CT molecular complexity index is 827. The Kier molecular flexibility index (Phi) is 7.39. The Balaban J connectivity index is 1.95. The standard InChI is InChI=1S/C21H27NO3S/c1-3-4-5-6-7-15-26(24,25)20-13-11-19(12-14-20)22-21(23)18-10-8-9-17(2)16-18/h8-14,16H,3-7,15H2,1-2H3,(H,22,23). The van der Waals surface area contributed by atoms with Gasteiger partial charge in [0.1, 0.15) is 0 Å². The van der Waals surface area contributed by atoms with Crippen molar-refractivity contribution >= 4 is 21.4 Å². The number of aryl methyl sites for hydroxylation is 1. The highest BCUT2D eigenvalue weighted by molar-refractivity contribution is 7.91. The molecule has 0 atom stereocenters. The minimum atomic E-state index is -3.26. The summed E-state index contributed by atoms with van der Waals surface area (Å²) < 4.78 is 24.7. The van der Waals surface area contributed by atoms with Crippen LogP contribution in [0.2, 0.25) is 0 Å². The molecule has 0 saturated carbocycles. The van der Waals surface area contributed by atoms with E-state index in [-0.39, 0.29) is 11.7 Å². The Morgan fingerprint density at radius 1 is 0.962 bits per heavy atom. The zero-order chi connectivity index (χ0) is 19.0. The molecular weight excluding hydrogens is 346 g/mol. The highest BCUT2D eigenvalue weighted by Gasteiger charge is 2.14. The maximum atomic E-state index is 12.4. The molecule has 0 fully saturated rings. The van der Waals surface area contributed by atoms with Crippen molar-refractivity contribution in [2.75, 3.05) is 11.1 Å². The van der Waals surface area contributed by atoms with Gasteiger partial charge in [-0.1, -0.05) is 50.3 Å². The van der Waals surface area contributed by atoms with Gasteiger partial charge in [-0.2, -0.15) is 0 Å². The minimum absolute atomic E-state index is 0.172. The number of unbranched alkanes of at least 4 members (excludes halogenated alkanes) is 4. The van der Waals surface area contributed by atoms with Crippen LogP contribution in [0.4, 0.5) is 5.69 Å². The molecule has 2 rings (SSSR count). The van der Waals surface area contributed by atoms with Crippen LogP contribution in [-0.4, -0.2) is 20.1 Å². The topological polar surface area (TPSA) is 63.2 Å². The average Bonchev–Trinajstić information content (AvgIpc) is 2.62. The summed E-state index contributed by atoms with van der Waals surface area (Å²) in [5.74, 6) is -0.0358. The van der Waals surface area contributed by atoms with Crippen LogP contribution < -0.4 is 5.32 Å². The molecule has 1 N–H and O–H groups in total. The third-order valence-electron chi connectivity index (χ3n) is 4.27. The molecule has 0 aliphatic rings. The number of carbonyl (C=O) groups is 1. The van der Waals surface area contributed by atoms with E-state index in [4.69, 9.17) is 0 Å². The second-order valence-corrected chi connectivity index (χ2v) is 8.69. The predicted molar refractivity (Wildman–Crippen MR) is 106 cm³/mol. The summed E-state index contributed by atoms with van der Waals surface area (Å²) in [6, 6.07) is 13.7. The largest absolute Gasteiger partial charge is 0.322 e. The third-order valence-corrected chi connectivity index (χ3v) is 6.08. The molecule has 0 saturated heterocycles. The van der Waals surface area contributed by atoms with E-state index in [0.29, 0.717) is 22.6 Å². The molecule has 1 amide bonds. The van der Waals surface area contributed by atoms with Crippen LogP contribution in [0, 0.1) is 6.92 Å². The average molecular weight is 374 g/mol. The quantitative estimate of drug-likeness (QED) is 0.630. The Morgan fingerprint density at radius 3 is 2.31 bits per heavy atom. The smallest absolute Gasteiger partial charge is 0.255 e. The van der Waals surface area contributed by atoms with Crippen LogP contribution in [0.1, 0.15) is 54.9 Å². The van der Waals surface area contributed by atoms with Gasteiger partial charge in [0.15, 0.2) is 9.84 Å². The van der Waals surface area contributed by atoms with Crippen LogP contribution in [0.25, 0.3) is 0 Å². The Hall–Kier alpha value is -2.14. The fourth-order valence-corrected chi connectivity index (χ4v) is 4.12. The van der Waals surface area contributed by atoms with Crippen LogP contribution in [0.3, 0.4) is 0 Å². The molecule has 0 aromatic heterocycles. The summed E-state index contributed by atoms with van der Waals surface area (Å²) in [7, 11) is -3.26. The zero-order valence-electron chi connectivity index (χ0n) is 15.5. The molecule has 5 heteroatoms. The van der Waals surface area contributed by atoms with Gasteiger partial charge in [0.25, 0.3) is 5.91 Å². The molecule has 140 valence electrons. The first-order valence-corrected chi connectivity index (χ1v) is 10.8. The van der Waals surface area contributed by atoms with Gasteiger partial charge in [0, 0.05) is 11.3 Å². The van der Waals surface area contributed by atoms with Crippen molar-refractivity contribution in [3.8, 4) is 0 Å². The van der Waals surface area contributed by atoms with E-state index >= 15 is 0 Å². The van der Waals surface area contributed by atoms with Gasteiger partial charge in [-0.05, 0) is 49.7 Å². The number of hydrogen-bond donors (Lipinski definition) is 1. The number of hydrogen-bond acceptors (Lipinski definition) is 3. The van der Waals surface area contributed by atoms with E-state index in [1.807, 2.05) is 25.1 Å². The van der Waals surface area contributed by atoms with Gasteiger partial charge in [-0.15, -0.1) is 0 Å². The molecule has 0 aliphatic heterocycles. The summed E-state index contributed by atoms with van der Waals surface area (Å²) in [5.41, 5.74) is 2.17. The van der Waals surface area contributed by atoms with Gasteiger partial charge in [-0.25, -0.2) is 8.42 Å².